The van der Waals surface area contributed by atoms with E-state index in [0.29, 0.717) is 41.5 Å². The minimum atomic E-state index is -0.368. The summed E-state index contributed by atoms with van der Waals surface area (Å²) in [6.45, 7) is 2.73. The molecular formula is C21H19N3O3S. The van der Waals surface area contributed by atoms with Gasteiger partial charge >= 0.3 is 6.09 Å². The molecule has 142 valence electrons. The Morgan fingerprint density at radius 1 is 1.21 bits per heavy atom. The van der Waals surface area contributed by atoms with Crippen LogP contribution in [-0.2, 0) is 11.2 Å². The van der Waals surface area contributed by atoms with Crippen LogP contribution in [0.25, 0.3) is 0 Å². The summed E-state index contributed by atoms with van der Waals surface area (Å²) in [5.74, 6) is -0.199. The highest BCUT2D eigenvalue weighted by atomic mass is 32.1. The molecule has 7 heteroatoms. The second-order valence-electron chi connectivity index (χ2n) is 6.45. The lowest BCUT2D eigenvalue weighted by Gasteiger charge is -2.14. The second kappa shape index (κ2) is 7.82. The van der Waals surface area contributed by atoms with Crippen molar-refractivity contribution in [3.8, 4) is 0 Å². The maximum Gasteiger partial charge on any atom is 0.414 e. The minimum absolute atomic E-state index is 0.199. The minimum Gasteiger partial charge on any atom is -0.447 e. The van der Waals surface area contributed by atoms with Crippen molar-refractivity contribution in [2.45, 2.75) is 13.3 Å². The Morgan fingerprint density at radius 3 is 2.79 bits per heavy atom. The molecule has 2 heterocycles. The van der Waals surface area contributed by atoms with Crippen molar-refractivity contribution >= 4 is 34.7 Å². The van der Waals surface area contributed by atoms with Crippen LogP contribution in [0, 0.1) is 6.92 Å². The lowest BCUT2D eigenvalue weighted by atomic mass is 10.2. The van der Waals surface area contributed by atoms with Gasteiger partial charge in [0.1, 0.15) is 11.5 Å². The molecule has 4 rings (SSSR count). The fourth-order valence-electron chi connectivity index (χ4n) is 3.08. The van der Waals surface area contributed by atoms with Crippen LogP contribution in [-0.4, -0.2) is 30.1 Å². The highest BCUT2D eigenvalue weighted by Crippen LogP contribution is 2.25. The monoisotopic (exact) mass is 393 g/mol. The van der Waals surface area contributed by atoms with Crippen molar-refractivity contribution in [3.63, 3.8) is 0 Å². The van der Waals surface area contributed by atoms with E-state index in [1.807, 2.05) is 43.3 Å². The number of anilines is 2. The summed E-state index contributed by atoms with van der Waals surface area (Å²) in [4.78, 5) is 31.2. The molecule has 1 N–H and O–H groups in total. The van der Waals surface area contributed by atoms with Gasteiger partial charge in [0.05, 0.1) is 17.2 Å². The zero-order chi connectivity index (χ0) is 19.5. The van der Waals surface area contributed by atoms with E-state index >= 15 is 0 Å². The molecule has 2 amide bonds. The number of nitrogens with zero attached hydrogens (tertiary/aromatic N) is 2. The zero-order valence-corrected chi connectivity index (χ0v) is 16.2. The second-order valence-corrected chi connectivity index (χ2v) is 7.54. The van der Waals surface area contributed by atoms with Crippen molar-refractivity contribution in [1.82, 2.24) is 4.98 Å². The van der Waals surface area contributed by atoms with Gasteiger partial charge in [-0.1, -0.05) is 36.4 Å². The van der Waals surface area contributed by atoms with E-state index in [-0.39, 0.29) is 12.0 Å². The first kappa shape index (κ1) is 18.2. The number of hydrogen-bond acceptors (Lipinski definition) is 5. The van der Waals surface area contributed by atoms with Crippen molar-refractivity contribution in [1.29, 1.82) is 0 Å². The van der Waals surface area contributed by atoms with E-state index < -0.39 is 0 Å². The Morgan fingerprint density at radius 2 is 2.04 bits per heavy atom. The van der Waals surface area contributed by atoms with E-state index in [2.05, 4.69) is 10.3 Å². The first-order valence-electron chi connectivity index (χ1n) is 8.96. The lowest BCUT2D eigenvalue weighted by Crippen LogP contribution is -2.23. The fraction of sp³-hybridized carbons (Fsp3) is 0.190. The predicted molar refractivity (Wildman–Crippen MR) is 109 cm³/mol. The summed E-state index contributed by atoms with van der Waals surface area (Å²) in [5.41, 5.74) is 3.20. The van der Waals surface area contributed by atoms with Gasteiger partial charge in [-0.3, -0.25) is 9.69 Å². The summed E-state index contributed by atoms with van der Waals surface area (Å²) in [7, 11) is 0. The average Bonchev–Trinajstić information content (AvgIpc) is 3.28. The Kier molecular flexibility index (Phi) is 5.08. The number of carbonyl (C=O) groups excluding carboxylic acids is 2. The maximum atomic E-state index is 12.8. The molecule has 1 fully saturated rings. The number of thiazole rings is 1. The molecular weight excluding hydrogens is 374 g/mol. The Hall–Kier alpha value is -3.19. The molecule has 1 aliphatic heterocycles. The fourth-order valence-corrected chi connectivity index (χ4v) is 4.07. The van der Waals surface area contributed by atoms with Gasteiger partial charge in [-0.25, -0.2) is 9.78 Å². The molecule has 6 nitrogen and oxygen atoms in total. The third kappa shape index (κ3) is 3.89. The third-order valence-electron chi connectivity index (χ3n) is 4.42. The van der Waals surface area contributed by atoms with E-state index in [1.54, 1.807) is 23.1 Å². The SMILES string of the molecule is Cc1nc(Cc2ccccc2)sc1C(=O)Nc1cccc(N2CCOC2=O)c1. The number of ether oxygens (including phenoxy) is 1. The van der Waals surface area contributed by atoms with E-state index in [4.69, 9.17) is 4.74 Å². The normalized spacial score (nSPS) is 13.5. The molecule has 0 aliphatic carbocycles. The average molecular weight is 393 g/mol. The van der Waals surface area contributed by atoms with Crippen LogP contribution in [0.2, 0.25) is 0 Å². The molecule has 1 aliphatic rings. The molecule has 0 saturated carbocycles. The zero-order valence-electron chi connectivity index (χ0n) is 15.3. The van der Waals surface area contributed by atoms with Gasteiger partial charge in [0.15, 0.2) is 0 Å². The van der Waals surface area contributed by atoms with Gasteiger partial charge in [-0.2, -0.15) is 0 Å². The molecule has 2 aromatic carbocycles. The summed E-state index contributed by atoms with van der Waals surface area (Å²) in [5, 5.41) is 3.81. The number of aromatic nitrogens is 1. The number of rotatable bonds is 5. The Labute approximate surface area is 166 Å². The van der Waals surface area contributed by atoms with Crippen LogP contribution in [0.4, 0.5) is 16.2 Å². The van der Waals surface area contributed by atoms with E-state index in [0.717, 1.165) is 10.6 Å². The van der Waals surface area contributed by atoms with Gasteiger partial charge in [0.25, 0.3) is 5.91 Å². The summed E-state index contributed by atoms with van der Waals surface area (Å²) in [6, 6.07) is 17.2. The number of cyclic esters (lactones) is 1. The topological polar surface area (TPSA) is 71.5 Å². The number of amides is 2. The van der Waals surface area contributed by atoms with Crippen molar-refractivity contribution in [2.75, 3.05) is 23.4 Å². The number of hydrogen-bond donors (Lipinski definition) is 1. The quantitative estimate of drug-likeness (QED) is 0.703. The van der Waals surface area contributed by atoms with Crippen LogP contribution in [0.5, 0.6) is 0 Å². The molecule has 0 unspecified atom stereocenters. The van der Waals surface area contributed by atoms with Crippen LogP contribution >= 0.6 is 11.3 Å². The molecule has 28 heavy (non-hydrogen) atoms. The van der Waals surface area contributed by atoms with Crippen LogP contribution in [0.1, 0.15) is 25.9 Å². The Bertz CT molecular complexity index is 1020. The Balaban J connectivity index is 1.49. The summed E-state index contributed by atoms with van der Waals surface area (Å²) < 4.78 is 4.97. The first-order chi connectivity index (χ1) is 13.6. The highest BCUT2D eigenvalue weighted by molar-refractivity contribution is 7.14. The number of carbonyl (C=O) groups is 2. The molecule has 1 aromatic heterocycles. The van der Waals surface area contributed by atoms with Gasteiger partial charge in [0.2, 0.25) is 0 Å². The number of benzene rings is 2. The van der Waals surface area contributed by atoms with Crippen LogP contribution < -0.4 is 10.2 Å². The number of nitrogens with one attached hydrogen (secondary N) is 1. The van der Waals surface area contributed by atoms with Crippen molar-refractivity contribution in [2.24, 2.45) is 0 Å². The molecule has 3 aromatic rings. The van der Waals surface area contributed by atoms with Gasteiger partial charge < -0.3 is 10.1 Å². The summed E-state index contributed by atoms with van der Waals surface area (Å²) in [6.07, 6.45) is 0.332. The molecule has 0 atom stereocenters. The molecule has 0 bridgehead atoms. The van der Waals surface area contributed by atoms with Gasteiger partial charge in [-0.05, 0) is 30.7 Å². The van der Waals surface area contributed by atoms with Gasteiger partial charge in [-0.15, -0.1) is 11.3 Å². The predicted octanol–water partition coefficient (Wildman–Crippen LogP) is 4.25. The van der Waals surface area contributed by atoms with Crippen LogP contribution in [0.15, 0.2) is 54.6 Å². The smallest absolute Gasteiger partial charge is 0.414 e. The highest BCUT2D eigenvalue weighted by Gasteiger charge is 2.24. The lowest BCUT2D eigenvalue weighted by molar-refractivity contribution is 0.102. The largest absolute Gasteiger partial charge is 0.447 e. The van der Waals surface area contributed by atoms with Crippen molar-refractivity contribution < 1.29 is 14.3 Å². The molecule has 0 radical (unpaired) electrons. The summed E-state index contributed by atoms with van der Waals surface area (Å²) >= 11 is 1.40. The molecule has 1 saturated heterocycles. The first-order valence-corrected chi connectivity index (χ1v) is 9.78. The molecule has 0 spiro atoms. The van der Waals surface area contributed by atoms with E-state index in [9.17, 15) is 9.59 Å². The number of aryl methyl sites for hydroxylation is 1. The standard InChI is InChI=1S/C21H19N3O3S/c1-14-19(28-18(22-14)12-15-6-3-2-4-7-15)20(25)23-16-8-5-9-17(13-16)24-10-11-27-21(24)26/h2-9,13H,10-12H2,1H3,(H,23,25). The van der Waals surface area contributed by atoms with Crippen LogP contribution in [0.3, 0.4) is 0 Å². The maximum absolute atomic E-state index is 12.8. The van der Waals surface area contributed by atoms with Gasteiger partial charge in [0, 0.05) is 17.8 Å². The van der Waals surface area contributed by atoms with Crippen molar-refractivity contribution in [3.05, 3.63) is 75.7 Å². The third-order valence-corrected chi connectivity index (χ3v) is 5.58. The van der Waals surface area contributed by atoms with E-state index in [1.165, 1.54) is 11.3 Å².